The fraction of sp³-hybridized carbons (Fsp3) is 0.611. The maximum Gasteiger partial charge on any atom is 0.495 e. The van der Waals surface area contributed by atoms with Crippen LogP contribution in [0.15, 0.2) is 18.2 Å². The molecule has 0 aliphatic carbocycles. The van der Waals surface area contributed by atoms with Crippen molar-refractivity contribution in [1.29, 1.82) is 0 Å². The number of carbonyl (C=O) groups excluding carboxylic acids is 1. The summed E-state index contributed by atoms with van der Waals surface area (Å²) in [4.78, 5) is 17.5. The highest BCUT2D eigenvalue weighted by Gasteiger charge is 2.52. The van der Waals surface area contributed by atoms with Gasteiger partial charge in [-0.15, -0.1) is 0 Å². The summed E-state index contributed by atoms with van der Waals surface area (Å²) in [6.45, 7) is 15.7. The highest BCUT2D eigenvalue weighted by molar-refractivity contribution is 6.62. The highest BCUT2D eigenvalue weighted by atomic mass is 16.7. The monoisotopic (exact) mass is 333 g/mol. The highest BCUT2D eigenvalue weighted by Crippen LogP contribution is 2.36. The lowest BCUT2D eigenvalue weighted by Crippen LogP contribution is -2.41. The van der Waals surface area contributed by atoms with E-state index in [1.165, 1.54) is 0 Å². The van der Waals surface area contributed by atoms with Crippen molar-refractivity contribution < 1.29 is 18.9 Å². The molecule has 1 fully saturated rings. The van der Waals surface area contributed by atoms with Crippen LogP contribution in [0.3, 0.4) is 0 Å². The lowest BCUT2D eigenvalue weighted by molar-refractivity contribution is -0.0589. The Hall–Kier alpha value is -1.37. The van der Waals surface area contributed by atoms with Crippen LogP contribution >= 0.6 is 0 Å². The molecule has 24 heavy (non-hydrogen) atoms. The molecule has 0 unspecified atom stereocenters. The molecule has 5 nitrogen and oxygen atoms in total. The van der Waals surface area contributed by atoms with Gasteiger partial charge in [0.05, 0.1) is 16.8 Å². The molecule has 132 valence electrons. The number of hydroxylamine groups is 1. The summed E-state index contributed by atoms with van der Waals surface area (Å²) in [5, 5.41) is 0. The quantitative estimate of drug-likeness (QED) is 0.683. The van der Waals surface area contributed by atoms with Gasteiger partial charge in [-0.2, -0.15) is 0 Å². The van der Waals surface area contributed by atoms with Crippen LogP contribution in [0.5, 0.6) is 0 Å². The molecule has 1 aromatic carbocycles. The molecule has 0 radical (unpaired) electrons. The minimum atomic E-state index is -0.437. The molecule has 2 rings (SSSR count). The van der Waals surface area contributed by atoms with Gasteiger partial charge in [0.15, 0.2) is 0 Å². The molecule has 1 N–H and O–H groups in total. The van der Waals surface area contributed by atoms with Crippen molar-refractivity contribution in [2.75, 3.05) is 0 Å². The molecule has 0 atom stereocenters. The van der Waals surface area contributed by atoms with Crippen molar-refractivity contribution in [2.24, 2.45) is 0 Å². The SMILES string of the molecule is Cc1cc(C(=O)NOC(C)(C)C)ccc1B1OC(C)(C)C(C)(C)O1. The van der Waals surface area contributed by atoms with Crippen molar-refractivity contribution >= 4 is 18.5 Å². The summed E-state index contributed by atoms with van der Waals surface area (Å²) < 4.78 is 12.2. The molecule has 0 spiro atoms. The first-order valence-electron chi connectivity index (χ1n) is 8.27. The minimum absolute atomic E-state index is 0.270. The number of benzene rings is 1. The standard InChI is InChI=1S/C18H28BNO4/c1-12-11-13(15(21)20-24-16(2,3)4)9-10-14(12)19-22-17(5,6)18(7,8)23-19/h9-11H,1-8H3,(H,20,21). The van der Waals surface area contributed by atoms with Gasteiger partial charge < -0.3 is 9.31 Å². The summed E-state index contributed by atoms with van der Waals surface area (Å²) in [7, 11) is -0.432. The molecule has 1 aliphatic heterocycles. The number of hydrogen-bond donors (Lipinski definition) is 1. The molecule has 1 heterocycles. The van der Waals surface area contributed by atoms with E-state index in [4.69, 9.17) is 14.1 Å². The Kier molecular flexibility index (Phi) is 4.88. The molecule has 0 bridgehead atoms. The van der Waals surface area contributed by atoms with E-state index >= 15 is 0 Å². The van der Waals surface area contributed by atoms with Crippen molar-refractivity contribution in [3.8, 4) is 0 Å². The minimum Gasteiger partial charge on any atom is -0.399 e. The summed E-state index contributed by atoms with van der Waals surface area (Å²) >= 11 is 0. The third-order valence-corrected chi connectivity index (χ3v) is 4.49. The van der Waals surface area contributed by atoms with E-state index in [0.717, 1.165) is 11.0 Å². The van der Waals surface area contributed by atoms with Crippen LogP contribution < -0.4 is 10.9 Å². The Morgan fingerprint density at radius 3 is 2.12 bits per heavy atom. The van der Waals surface area contributed by atoms with Gasteiger partial charge in [-0.25, -0.2) is 5.48 Å². The number of amides is 1. The van der Waals surface area contributed by atoms with Crippen LogP contribution in [0, 0.1) is 6.92 Å². The second-order valence-electron chi connectivity index (χ2n) is 8.31. The Morgan fingerprint density at radius 2 is 1.67 bits per heavy atom. The lowest BCUT2D eigenvalue weighted by Gasteiger charge is -2.32. The third kappa shape index (κ3) is 3.99. The van der Waals surface area contributed by atoms with Gasteiger partial charge >= 0.3 is 7.12 Å². The van der Waals surface area contributed by atoms with Gasteiger partial charge in [-0.3, -0.25) is 9.63 Å². The van der Waals surface area contributed by atoms with E-state index in [2.05, 4.69) is 5.48 Å². The number of nitrogens with one attached hydrogen (secondary N) is 1. The van der Waals surface area contributed by atoms with Crippen LogP contribution in [-0.2, 0) is 14.1 Å². The second-order valence-corrected chi connectivity index (χ2v) is 8.31. The van der Waals surface area contributed by atoms with Crippen molar-refractivity contribution in [2.45, 2.75) is 72.2 Å². The molecular formula is C18H28BNO4. The maximum absolute atomic E-state index is 12.2. The second kappa shape index (κ2) is 6.17. The summed E-state index contributed by atoms with van der Waals surface area (Å²) in [6, 6.07) is 5.46. The van der Waals surface area contributed by atoms with E-state index in [9.17, 15) is 4.79 Å². The molecule has 0 aromatic heterocycles. The molecule has 6 heteroatoms. The van der Waals surface area contributed by atoms with Crippen molar-refractivity contribution in [3.63, 3.8) is 0 Å². The van der Waals surface area contributed by atoms with E-state index in [1.807, 2.05) is 67.5 Å². The first-order valence-corrected chi connectivity index (χ1v) is 8.27. The average Bonchev–Trinajstić information content (AvgIpc) is 2.63. The molecule has 0 saturated carbocycles. The van der Waals surface area contributed by atoms with Crippen molar-refractivity contribution in [3.05, 3.63) is 29.3 Å². The molecule has 1 aliphatic rings. The van der Waals surface area contributed by atoms with Crippen LogP contribution in [0.4, 0.5) is 0 Å². The Morgan fingerprint density at radius 1 is 1.12 bits per heavy atom. The van der Waals surface area contributed by atoms with Gasteiger partial charge in [0.2, 0.25) is 0 Å². The topological polar surface area (TPSA) is 56.8 Å². The van der Waals surface area contributed by atoms with Gasteiger partial charge in [0.25, 0.3) is 5.91 Å². The summed E-state index contributed by atoms with van der Waals surface area (Å²) in [5.74, 6) is -0.270. The van der Waals surface area contributed by atoms with E-state index < -0.39 is 12.7 Å². The predicted molar refractivity (Wildman–Crippen MR) is 95.2 cm³/mol. The number of aryl methyl sites for hydroxylation is 1. The van der Waals surface area contributed by atoms with Crippen LogP contribution in [0.1, 0.15) is 64.4 Å². The van der Waals surface area contributed by atoms with E-state index in [0.29, 0.717) is 5.56 Å². The van der Waals surface area contributed by atoms with E-state index in [1.54, 1.807) is 6.07 Å². The third-order valence-electron chi connectivity index (χ3n) is 4.49. The Balaban J connectivity index is 2.15. The summed E-state index contributed by atoms with van der Waals surface area (Å²) in [5.41, 5.74) is 3.68. The van der Waals surface area contributed by atoms with Gasteiger partial charge in [0, 0.05) is 5.56 Å². The predicted octanol–water partition coefficient (Wildman–Crippen LogP) is 2.75. The fourth-order valence-electron chi connectivity index (χ4n) is 2.31. The molecule has 1 amide bonds. The van der Waals surface area contributed by atoms with Gasteiger partial charge in [-0.05, 0) is 73.0 Å². The van der Waals surface area contributed by atoms with Crippen LogP contribution in [0.2, 0.25) is 0 Å². The Labute approximate surface area is 145 Å². The fourth-order valence-corrected chi connectivity index (χ4v) is 2.31. The van der Waals surface area contributed by atoms with Crippen LogP contribution in [-0.4, -0.2) is 29.8 Å². The zero-order valence-corrected chi connectivity index (χ0v) is 15.9. The molecule has 1 aromatic rings. The number of hydrogen-bond acceptors (Lipinski definition) is 4. The molecule has 1 saturated heterocycles. The zero-order valence-electron chi connectivity index (χ0n) is 15.9. The lowest BCUT2D eigenvalue weighted by atomic mass is 9.76. The summed E-state index contributed by atoms with van der Waals surface area (Å²) in [6.07, 6.45) is 0. The molecular weight excluding hydrogens is 305 g/mol. The average molecular weight is 333 g/mol. The Bertz CT molecular complexity index is 618. The maximum atomic E-state index is 12.2. The smallest absolute Gasteiger partial charge is 0.399 e. The van der Waals surface area contributed by atoms with Gasteiger partial charge in [0.1, 0.15) is 0 Å². The number of rotatable bonds is 3. The number of carbonyl (C=O) groups is 1. The van der Waals surface area contributed by atoms with E-state index in [-0.39, 0.29) is 17.1 Å². The zero-order chi connectivity index (χ0) is 18.3. The van der Waals surface area contributed by atoms with Gasteiger partial charge in [-0.1, -0.05) is 11.6 Å². The first kappa shape index (κ1) is 19.0. The normalized spacial score (nSPS) is 19.4. The largest absolute Gasteiger partial charge is 0.495 e. The van der Waals surface area contributed by atoms with Crippen LogP contribution in [0.25, 0.3) is 0 Å². The first-order chi connectivity index (χ1) is 10.8. The van der Waals surface area contributed by atoms with Crippen molar-refractivity contribution in [1.82, 2.24) is 5.48 Å².